The molecule has 0 fully saturated rings. The lowest BCUT2D eigenvalue weighted by molar-refractivity contribution is -0.123. The molecule has 0 saturated carbocycles. The van der Waals surface area contributed by atoms with Crippen molar-refractivity contribution < 1.29 is 19.1 Å². The zero-order valence-corrected chi connectivity index (χ0v) is 17.5. The highest BCUT2D eigenvalue weighted by Gasteiger charge is 2.08. The molecule has 0 radical (unpaired) electrons. The van der Waals surface area contributed by atoms with Crippen molar-refractivity contribution in [2.75, 3.05) is 13.7 Å². The third-order valence-corrected chi connectivity index (χ3v) is 4.22. The van der Waals surface area contributed by atoms with Crippen LogP contribution in [-0.2, 0) is 16.1 Å². The van der Waals surface area contributed by atoms with E-state index < -0.39 is 5.91 Å². The fraction of sp³-hybridized carbons (Fsp3) is 0.250. The summed E-state index contributed by atoms with van der Waals surface area (Å²) in [5.41, 5.74) is 3.73. The molecule has 0 aromatic heterocycles. The van der Waals surface area contributed by atoms with Crippen LogP contribution in [-0.4, -0.2) is 31.2 Å². The van der Waals surface area contributed by atoms with Gasteiger partial charge in [0.1, 0.15) is 11.5 Å². The fourth-order valence-electron chi connectivity index (χ4n) is 2.20. The SMILES string of the molecule is COc1ccc(CNC(=O)C/C(C)=N\NC(=O)COc2ccc(Cl)cc2Cl)cc1. The third kappa shape index (κ3) is 8.01. The quantitative estimate of drug-likeness (QED) is 0.463. The van der Waals surface area contributed by atoms with Gasteiger partial charge in [-0.05, 0) is 42.8 Å². The normalized spacial score (nSPS) is 11.0. The van der Waals surface area contributed by atoms with E-state index in [1.165, 1.54) is 6.07 Å². The molecular formula is C20H21Cl2N3O4. The highest BCUT2D eigenvalue weighted by Crippen LogP contribution is 2.27. The molecule has 0 unspecified atom stereocenters. The van der Waals surface area contributed by atoms with Crippen molar-refractivity contribution in [3.8, 4) is 11.5 Å². The number of nitrogens with one attached hydrogen (secondary N) is 2. The van der Waals surface area contributed by atoms with Gasteiger partial charge in [0.15, 0.2) is 6.61 Å². The standard InChI is InChI=1S/C20H21Cl2N3O4/c1-13(9-19(26)23-11-14-3-6-16(28-2)7-4-14)24-25-20(27)12-29-18-8-5-15(21)10-17(18)22/h3-8,10H,9,11-12H2,1-2H3,(H,23,26)(H,25,27)/b24-13-. The summed E-state index contributed by atoms with van der Waals surface area (Å²) in [5, 5.41) is 7.46. The summed E-state index contributed by atoms with van der Waals surface area (Å²) in [5.74, 6) is 0.403. The number of benzene rings is 2. The lowest BCUT2D eigenvalue weighted by atomic mass is 10.2. The van der Waals surface area contributed by atoms with Crippen molar-refractivity contribution in [1.29, 1.82) is 0 Å². The zero-order valence-electron chi connectivity index (χ0n) is 16.0. The molecule has 0 saturated heterocycles. The van der Waals surface area contributed by atoms with E-state index in [4.69, 9.17) is 32.7 Å². The van der Waals surface area contributed by atoms with Crippen LogP contribution in [0.25, 0.3) is 0 Å². The number of methoxy groups -OCH3 is 1. The molecule has 154 valence electrons. The van der Waals surface area contributed by atoms with E-state index in [9.17, 15) is 9.59 Å². The highest BCUT2D eigenvalue weighted by atomic mass is 35.5. The molecule has 2 rings (SSSR count). The van der Waals surface area contributed by atoms with E-state index in [1.807, 2.05) is 24.3 Å². The first-order valence-corrected chi connectivity index (χ1v) is 9.42. The predicted molar refractivity (Wildman–Crippen MR) is 113 cm³/mol. The minimum atomic E-state index is -0.478. The number of halogens is 2. The van der Waals surface area contributed by atoms with Crippen molar-refractivity contribution >= 4 is 40.7 Å². The van der Waals surface area contributed by atoms with Gasteiger partial charge in [0.05, 0.1) is 18.6 Å². The minimum absolute atomic E-state index is 0.0559. The lowest BCUT2D eigenvalue weighted by Gasteiger charge is -2.08. The fourth-order valence-corrected chi connectivity index (χ4v) is 2.67. The number of ether oxygens (including phenoxy) is 2. The topological polar surface area (TPSA) is 89.0 Å². The summed E-state index contributed by atoms with van der Waals surface area (Å²) in [6.45, 7) is 1.75. The highest BCUT2D eigenvalue weighted by molar-refractivity contribution is 6.35. The van der Waals surface area contributed by atoms with Gasteiger partial charge in [0.25, 0.3) is 5.91 Å². The van der Waals surface area contributed by atoms with Gasteiger partial charge in [-0.2, -0.15) is 5.10 Å². The second-order valence-electron chi connectivity index (χ2n) is 6.05. The van der Waals surface area contributed by atoms with Crippen molar-refractivity contribution in [3.05, 3.63) is 58.1 Å². The van der Waals surface area contributed by atoms with E-state index in [-0.39, 0.29) is 18.9 Å². The van der Waals surface area contributed by atoms with Crippen LogP contribution in [0.5, 0.6) is 11.5 Å². The number of carbonyl (C=O) groups is 2. The number of carbonyl (C=O) groups excluding carboxylic acids is 2. The molecule has 2 aromatic rings. The Morgan fingerprint density at radius 3 is 2.45 bits per heavy atom. The van der Waals surface area contributed by atoms with Crippen LogP contribution < -0.4 is 20.2 Å². The summed E-state index contributed by atoms with van der Waals surface area (Å²) >= 11 is 11.8. The van der Waals surface area contributed by atoms with E-state index in [2.05, 4.69) is 15.8 Å². The van der Waals surface area contributed by atoms with E-state index in [0.717, 1.165) is 11.3 Å². The second kappa shape index (κ2) is 11.3. The molecule has 9 heteroatoms. The molecule has 0 heterocycles. The van der Waals surface area contributed by atoms with Crippen molar-refractivity contribution in [2.24, 2.45) is 5.10 Å². The van der Waals surface area contributed by atoms with Gasteiger partial charge in [-0.1, -0.05) is 35.3 Å². The molecule has 2 aromatic carbocycles. The molecule has 0 bridgehead atoms. The monoisotopic (exact) mass is 437 g/mol. The largest absolute Gasteiger partial charge is 0.497 e. The maximum Gasteiger partial charge on any atom is 0.277 e. The van der Waals surface area contributed by atoms with Crippen LogP contribution >= 0.6 is 23.2 Å². The molecule has 0 atom stereocenters. The molecule has 2 amide bonds. The van der Waals surface area contributed by atoms with Gasteiger partial charge < -0.3 is 14.8 Å². The molecule has 0 aliphatic heterocycles. The minimum Gasteiger partial charge on any atom is -0.497 e. The molecule has 29 heavy (non-hydrogen) atoms. The number of hydrogen-bond acceptors (Lipinski definition) is 5. The molecule has 0 spiro atoms. The van der Waals surface area contributed by atoms with E-state index in [1.54, 1.807) is 26.2 Å². The molecule has 0 aliphatic carbocycles. The Morgan fingerprint density at radius 2 is 1.79 bits per heavy atom. The van der Waals surface area contributed by atoms with E-state index in [0.29, 0.717) is 28.1 Å². The molecule has 2 N–H and O–H groups in total. The Bertz CT molecular complexity index is 886. The smallest absolute Gasteiger partial charge is 0.277 e. The maximum atomic E-state index is 12.0. The number of amides is 2. The number of nitrogens with zero attached hydrogens (tertiary/aromatic N) is 1. The van der Waals surface area contributed by atoms with Gasteiger partial charge in [0.2, 0.25) is 5.91 Å². The van der Waals surface area contributed by atoms with Crippen LogP contribution in [0.15, 0.2) is 47.6 Å². The third-order valence-electron chi connectivity index (χ3n) is 3.69. The summed E-state index contributed by atoms with van der Waals surface area (Å²) < 4.78 is 10.4. The molecular weight excluding hydrogens is 417 g/mol. The van der Waals surface area contributed by atoms with Crippen molar-refractivity contribution in [1.82, 2.24) is 10.7 Å². The average molecular weight is 438 g/mol. The van der Waals surface area contributed by atoms with E-state index >= 15 is 0 Å². The summed E-state index contributed by atoms with van der Waals surface area (Å²) in [6.07, 6.45) is 0.0559. The van der Waals surface area contributed by atoms with Crippen LogP contribution in [0, 0.1) is 0 Å². The van der Waals surface area contributed by atoms with Crippen LogP contribution in [0.4, 0.5) is 0 Å². The number of rotatable bonds is 9. The van der Waals surface area contributed by atoms with Gasteiger partial charge in [0, 0.05) is 17.3 Å². The first-order chi connectivity index (χ1) is 13.9. The van der Waals surface area contributed by atoms with Gasteiger partial charge in [-0.3, -0.25) is 9.59 Å². The van der Waals surface area contributed by atoms with Gasteiger partial charge in [-0.15, -0.1) is 0 Å². The Labute approximate surface area is 179 Å². The Hall–Kier alpha value is -2.77. The lowest BCUT2D eigenvalue weighted by Crippen LogP contribution is -2.28. The predicted octanol–water partition coefficient (Wildman–Crippen LogP) is 3.58. The summed E-state index contributed by atoms with van der Waals surface area (Å²) in [4.78, 5) is 23.8. The molecule has 7 nitrogen and oxygen atoms in total. The average Bonchev–Trinajstić information content (AvgIpc) is 2.70. The Balaban J connectivity index is 1.72. The second-order valence-corrected chi connectivity index (χ2v) is 6.89. The molecule has 0 aliphatic rings. The first kappa shape index (κ1) is 22.5. The van der Waals surface area contributed by atoms with Crippen LogP contribution in [0.2, 0.25) is 10.0 Å². The summed E-state index contributed by atoms with van der Waals surface area (Å²) in [7, 11) is 1.59. The van der Waals surface area contributed by atoms with Gasteiger partial charge in [-0.25, -0.2) is 5.43 Å². The first-order valence-electron chi connectivity index (χ1n) is 8.67. The number of hydrazone groups is 1. The Kier molecular flexibility index (Phi) is 8.76. The maximum absolute atomic E-state index is 12.0. The summed E-state index contributed by atoms with van der Waals surface area (Å²) in [6, 6.07) is 12.1. The van der Waals surface area contributed by atoms with Crippen LogP contribution in [0.3, 0.4) is 0 Å². The van der Waals surface area contributed by atoms with Crippen LogP contribution in [0.1, 0.15) is 18.9 Å². The zero-order chi connectivity index (χ0) is 21.2. The number of hydrogen-bond donors (Lipinski definition) is 2. The Morgan fingerprint density at radius 1 is 1.07 bits per heavy atom. The van der Waals surface area contributed by atoms with Crippen molar-refractivity contribution in [3.63, 3.8) is 0 Å². The van der Waals surface area contributed by atoms with Crippen molar-refractivity contribution in [2.45, 2.75) is 19.9 Å². The van der Waals surface area contributed by atoms with Gasteiger partial charge >= 0.3 is 0 Å².